The van der Waals surface area contributed by atoms with Gasteiger partial charge < -0.3 is 30.6 Å². The molecule has 132 valence electrons. The zero-order valence-corrected chi connectivity index (χ0v) is 13.4. The Labute approximate surface area is 148 Å². The first-order valence-electron chi connectivity index (χ1n) is 5.73. The van der Waals surface area contributed by atoms with Crippen LogP contribution >= 0.6 is 24.8 Å². The van der Waals surface area contributed by atoms with E-state index >= 15 is 0 Å². The number of phenolic OH excluding ortho intramolecular Hbond substituents is 2. The Hall–Kier alpha value is -2.84. The van der Waals surface area contributed by atoms with Gasteiger partial charge in [0.25, 0.3) is 0 Å². The zero-order valence-electron chi connectivity index (χ0n) is 11.8. The van der Waals surface area contributed by atoms with Crippen LogP contribution in [0.15, 0.2) is 36.4 Å². The molecule has 0 amide bonds. The minimum atomic E-state index is -1.22. The van der Waals surface area contributed by atoms with E-state index in [0.717, 1.165) is 24.3 Å². The molecule has 0 atom stereocenters. The number of hydrogen-bond donors (Lipinski definition) is 6. The molecule has 0 aliphatic carbocycles. The summed E-state index contributed by atoms with van der Waals surface area (Å²) < 4.78 is 0. The van der Waals surface area contributed by atoms with Gasteiger partial charge in [-0.2, -0.15) is 0 Å². The monoisotopic (exact) mass is 380 g/mol. The molecule has 2 aromatic rings. The van der Waals surface area contributed by atoms with E-state index in [1.165, 1.54) is 12.1 Å². The number of halogens is 2. The smallest absolute Gasteiger partial charge is 0.339 e. The van der Waals surface area contributed by atoms with Gasteiger partial charge in [0.2, 0.25) is 0 Å². The highest BCUT2D eigenvalue weighted by Crippen LogP contribution is 2.22. The van der Waals surface area contributed by atoms with Crippen LogP contribution in [0.25, 0.3) is 0 Å². The molecule has 0 aliphatic heterocycles. The summed E-state index contributed by atoms with van der Waals surface area (Å²) in [5.74, 6) is -3.62. The Morgan fingerprint density at radius 3 is 1.12 bits per heavy atom. The fourth-order valence-electron chi connectivity index (χ4n) is 1.40. The molecule has 0 aliphatic rings. The number of benzene rings is 2. The number of phenols is 4. The van der Waals surface area contributed by atoms with Crippen molar-refractivity contribution < 1.29 is 40.2 Å². The fraction of sp³-hybridized carbons (Fsp3) is 0. The van der Waals surface area contributed by atoms with E-state index in [-0.39, 0.29) is 47.4 Å². The average molecular weight is 381 g/mol. The molecule has 0 radical (unpaired) electrons. The maximum Gasteiger partial charge on any atom is 0.339 e. The molecule has 0 bridgehead atoms. The lowest BCUT2D eigenvalue weighted by Gasteiger charge is -1.98. The topological polar surface area (TPSA) is 156 Å². The summed E-state index contributed by atoms with van der Waals surface area (Å²) in [5.41, 5.74) is -0.439. The van der Waals surface area contributed by atoms with Gasteiger partial charge in [-0.15, -0.1) is 24.8 Å². The van der Waals surface area contributed by atoms with Gasteiger partial charge in [0, 0.05) is 12.1 Å². The molecule has 0 unspecified atom stereocenters. The van der Waals surface area contributed by atoms with Gasteiger partial charge in [0.15, 0.2) is 0 Å². The molecule has 0 saturated carbocycles. The lowest BCUT2D eigenvalue weighted by atomic mass is 10.2. The number of carboxylic acid groups (broad SMARTS) is 2. The van der Waals surface area contributed by atoms with Crippen LogP contribution in [-0.4, -0.2) is 42.6 Å². The Balaban J connectivity index is 0. The summed E-state index contributed by atoms with van der Waals surface area (Å²) in [6.07, 6.45) is 0. The first-order chi connectivity index (χ1) is 10.2. The number of aromatic hydroxyl groups is 4. The summed E-state index contributed by atoms with van der Waals surface area (Å²) in [6.45, 7) is 0. The number of carboxylic acids is 2. The second kappa shape index (κ2) is 10.0. The molecule has 8 nitrogen and oxygen atoms in total. The third kappa shape index (κ3) is 6.51. The standard InChI is InChI=1S/2C7H6O4.2ClH/c2*8-4-1-2-5(7(10)11)6(9)3-4;;/h2*1-3,8-9H,(H,10,11);2*1H. The van der Waals surface area contributed by atoms with Crippen LogP contribution in [0, 0.1) is 0 Å². The zero-order chi connectivity index (χ0) is 16.9. The third-order valence-corrected chi connectivity index (χ3v) is 2.42. The van der Waals surface area contributed by atoms with Gasteiger partial charge in [-0.25, -0.2) is 9.59 Å². The van der Waals surface area contributed by atoms with Crippen LogP contribution in [-0.2, 0) is 0 Å². The van der Waals surface area contributed by atoms with E-state index in [2.05, 4.69) is 0 Å². The summed E-state index contributed by atoms with van der Waals surface area (Å²) in [6, 6.07) is 6.61. The minimum Gasteiger partial charge on any atom is -0.508 e. The lowest BCUT2D eigenvalue weighted by molar-refractivity contribution is 0.0682. The van der Waals surface area contributed by atoms with E-state index in [9.17, 15) is 9.59 Å². The minimum absolute atomic E-state index is 0. The van der Waals surface area contributed by atoms with Crippen molar-refractivity contribution in [1.82, 2.24) is 0 Å². The van der Waals surface area contributed by atoms with Gasteiger partial charge in [-0.05, 0) is 24.3 Å². The average Bonchev–Trinajstić information content (AvgIpc) is 2.38. The largest absolute Gasteiger partial charge is 0.508 e. The molecular formula is C14H14Cl2O8. The Morgan fingerprint density at radius 2 is 0.917 bits per heavy atom. The van der Waals surface area contributed by atoms with E-state index < -0.39 is 23.4 Å². The maximum atomic E-state index is 10.3. The number of rotatable bonds is 2. The Morgan fingerprint density at radius 1 is 0.625 bits per heavy atom. The highest BCUT2D eigenvalue weighted by molar-refractivity contribution is 5.91. The molecule has 2 rings (SSSR count). The third-order valence-electron chi connectivity index (χ3n) is 2.42. The molecule has 0 spiro atoms. The first-order valence-corrected chi connectivity index (χ1v) is 5.73. The molecule has 6 N–H and O–H groups in total. The molecule has 0 heterocycles. The predicted molar refractivity (Wildman–Crippen MR) is 88.0 cm³/mol. The van der Waals surface area contributed by atoms with Gasteiger partial charge in [-0.1, -0.05) is 0 Å². The number of aromatic carboxylic acids is 2. The van der Waals surface area contributed by atoms with E-state index in [0.29, 0.717) is 0 Å². The van der Waals surface area contributed by atoms with E-state index in [4.69, 9.17) is 30.6 Å². The Kier molecular flexibility index (Phi) is 9.79. The van der Waals surface area contributed by atoms with E-state index in [1.807, 2.05) is 0 Å². The second-order valence-corrected chi connectivity index (χ2v) is 4.01. The molecule has 0 saturated heterocycles. The molecule has 10 heteroatoms. The second-order valence-electron chi connectivity index (χ2n) is 4.01. The predicted octanol–water partition coefficient (Wildman–Crippen LogP) is 2.44. The van der Waals surface area contributed by atoms with Crippen LogP contribution in [0.3, 0.4) is 0 Å². The van der Waals surface area contributed by atoms with Crippen molar-refractivity contribution in [3.63, 3.8) is 0 Å². The van der Waals surface area contributed by atoms with Crippen molar-refractivity contribution in [3.05, 3.63) is 47.5 Å². The van der Waals surface area contributed by atoms with Gasteiger partial charge in [0.05, 0.1) is 0 Å². The van der Waals surface area contributed by atoms with Crippen LogP contribution in [0.5, 0.6) is 23.0 Å². The van der Waals surface area contributed by atoms with Crippen LogP contribution in [0.1, 0.15) is 20.7 Å². The number of hydrogen-bond acceptors (Lipinski definition) is 6. The van der Waals surface area contributed by atoms with Crippen LogP contribution in [0.4, 0.5) is 0 Å². The van der Waals surface area contributed by atoms with Crippen LogP contribution in [0.2, 0.25) is 0 Å². The van der Waals surface area contributed by atoms with E-state index in [1.54, 1.807) is 0 Å². The van der Waals surface area contributed by atoms with Gasteiger partial charge in [-0.3, -0.25) is 0 Å². The van der Waals surface area contributed by atoms with Crippen molar-refractivity contribution in [3.8, 4) is 23.0 Å². The van der Waals surface area contributed by atoms with Crippen molar-refractivity contribution in [2.45, 2.75) is 0 Å². The number of carbonyl (C=O) groups is 2. The van der Waals surface area contributed by atoms with Crippen molar-refractivity contribution in [2.75, 3.05) is 0 Å². The SMILES string of the molecule is Cl.Cl.O=C(O)c1ccc(O)cc1O.O=C(O)c1ccc(O)cc1O. The lowest BCUT2D eigenvalue weighted by Crippen LogP contribution is -1.95. The summed E-state index contributed by atoms with van der Waals surface area (Å²) >= 11 is 0. The van der Waals surface area contributed by atoms with Crippen LogP contribution < -0.4 is 0 Å². The molecule has 0 fully saturated rings. The normalized spacial score (nSPS) is 8.67. The summed E-state index contributed by atoms with van der Waals surface area (Å²) in [5, 5.41) is 52.2. The molecule has 24 heavy (non-hydrogen) atoms. The molecular weight excluding hydrogens is 367 g/mol. The molecule has 2 aromatic carbocycles. The highest BCUT2D eigenvalue weighted by Gasteiger charge is 2.09. The maximum absolute atomic E-state index is 10.3. The summed E-state index contributed by atoms with van der Waals surface area (Å²) in [7, 11) is 0. The fourth-order valence-corrected chi connectivity index (χ4v) is 1.40. The summed E-state index contributed by atoms with van der Waals surface area (Å²) in [4.78, 5) is 20.6. The Bertz CT molecular complexity index is 656. The van der Waals surface area contributed by atoms with Gasteiger partial charge >= 0.3 is 11.9 Å². The van der Waals surface area contributed by atoms with Crippen molar-refractivity contribution in [1.29, 1.82) is 0 Å². The van der Waals surface area contributed by atoms with Crippen molar-refractivity contribution in [2.24, 2.45) is 0 Å². The van der Waals surface area contributed by atoms with Crippen molar-refractivity contribution >= 4 is 36.8 Å². The highest BCUT2D eigenvalue weighted by atomic mass is 35.5. The molecule has 0 aromatic heterocycles. The quantitative estimate of drug-likeness (QED) is 0.463. The van der Waals surface area contributed by atoms with Gasteiger partial charge in [0.1, 0.15) is 34.1 Å². The first kappa shape index (κ1) is 23.4.